The van der Waals surface area contributed by atoms with Gasteiger partial charge in [-0.05, 0) is 41.7 Å². The molecule has 6 heteroatoms. The number of benzene rings is 2. The molecule has 0 saturated heterocycles. The minimum atomic E-state index is -1.08. The van der Waals surface area contributed by atoms with Crippen LogP contribution in [0.1, 0.15) is 36.5 Å². The van der Waals surface area contributed by atoms with Crippen LogP contribution < -0.4 is 10.1 Å². The summed E-state index contributed by atoms with van der Waals surface area (Å²) in [6, 6.07) is 12.5. The number of hydrogen-bond acceptors (Lipinski definition) is 3. The molecule has 6 nitrogen and oxygen atoms in total. The van der Waals surface area contributed by atoms with E-state index in [0.717, 1.165) is 27.6 Å². The number of nitrogens with one attached hydrogen (secondary N) is 2. The lowest BCUT2D eigenvalue weighted by molar-refractivity contribution is -0.142. The number of ether oxygens (including phenoxy) is 1. The lowest BCUT2D eigenvalue weighted by atomic mass is 10.0. The van der Waals surface area contributed by atoms with Gasteiger partial charge in [0.15, 0.2) is 6.61 Å². The molecule has 0 saturated carbocycles. The minimum absolute atomic E-state index is 0.187. The van der Waals surface area contributed by atoms with Crippen LogP contribution in [0.15, 0.2) is 48.7 Å². The fourth-order valence-corrected chi connectivity index (χ4v) is 3.34. The van der Waals surface area contributed by atoms with E-state index < -0.39 is 17.9 Å². The number of para-hydroxylation sites is 1. The summed E-state index contributed by atoms with van der Waals surface area (Å²) in [5, 5.41) is 13.1. The number of rotatable bonds is 8. The molecule has 3 N–H and O–H groups in total. The Hall–Kier alpha value is -3.28. The summed E-state index contributed by atoms with van der Waals surface area (Å²) in [6.07, 6.45) is 1.97. The minimum Gasteiger partial charge on any atom is -0.483 e. The first-order valence-electron chi connectivity index (χ1n) is 9.65. The third kappa shape index (κ3) is 4.96. The van der Waals surface area contributed by atoms with Crippen molar-refractivity contribution in [3.63, 3.8) is 0 Å². The Kier molecular flexibility index (Phi) is 6.22. The molecular formula is C23H26N2O4. The number of H-pyrrole nitrogens is 1. The molecule has 0 radical (unpaired) electrons. The first-order valence-corrected chi connectivity index (χ1v) is 9.65. The summed E-state index contributed by atoms with van der Waals surface area (Å²) in [7, 11) is 0. The molecule has 29 heavy (non-hydrogen) atoms. The highest BCUT2D eigenvalue weighted by atomic mass is 16.5. The van der Waals surface area contributed by atoms with Crippen LogP contribution in [0.5, 0.6) is 5.75 Å². The maximum Gasteiger partial charge on any atom is 0.326 e. The second kappa shape index (κ2) is 8.82. The third-order valence-corrected chi connectivity index (χ3v) is 4.88. The van der Waals surface area contributed by atoms with Crippen molar-refractivity contribution < 1.29 is 19.4 Å². The van der Waals surface area contributed by atoms with E-state index in [2.05, 4.69) is 24.1 Å². The number of carboxylic acid groups (broad SMARTS) is 1. The Morgan fingerprint density at radius 1 is 1.17 bits per heavy atom. The van der Waals surface area contributed by atoms with Crippen LogP contribution >= 0.6 is 0 Å². The number of carboxylic acids is 1. The van der Waals surface area contributed by atoms with Crippen molar-refractivity contribution in [2.24, 2.45) is 0 Å². The van der Waals surface area contributed by atoms with Gasteiger partial charge in [-0.2, -0.15) is 0 Å². The van der Waals surface area contributed by atoms with Gasteiger partial charge < -0.3 is 20.1 Å². The first kappa shape index (κ1) is 20.5. The van der Waals surface area contributed by atoms with Gasteiger partial charge in [-0.15, -0.1) is 0 Å². The van der Waals surface area contributed by atoms with Crippen molar-refractivity contribution in [1.82, 2.24) is 10.3 Å². The molecule has 0 aliphatic carbocycles. The summed E-state index contributed by atoms with van der Waals surface area (Å²) in [4.78, 5) is 27.2. The molecule has 1 amide bonds. The molecule has 0 bridgehead atoms. The zero-order valence-electron chi connectivity index (χ0n) is 16.9. The number of amides is 1. The number of aliphatic carboxylic acids is 1. The van der Waals surface area contributed by atoms with Crippen molar-refractivity contribution in [3.8, 4) is 5.75 Å². The van der Waals surface area contributed by atoms with Crippen molar-refractivity contribution in [3.05, 3.63) is 65.4 Å². The van der Waals surface area contributed by atoms with E-state index in [9.17, 15) is 14.7 Å². The van der Waals surface area contributed by atoms with E-state index in [1.54, 1.807) is 6.20 Å². The molecule has 1 heterocycles. The quantitative estimate of drug-likeness (QED) is 0.542. The van der Waals surface area contributed by atoms with Gasteiger partial charge in [0.05, 0.1) is 0 Å². The number of carbonyl (C=O) groups is 2. The summed E-state index contributed by atoms with van der Waals surface area (Å²) in [5.74, 6) is -0.642. The molecule has 1 atom stereocenters. The highest BCUT2D eigenvalue weighted by Crippen LogP contribution is 2.27. The predicted octanol–water partition coefficient (Wildman–Crippen LogP) is 3.79. The van der Waals surface area contributed by atoms with Crippen LogP contribution in [0.3, 0.4) is 0 Å². The summed E-state index contributed by atoms with van der Waals surface area (Å²) in [5.41, 5.74) is 3.82. The highest BCUT2D eigenvalue weighted by Gasteiger charge is 2.22. The standard InChI is InChI=1S/C23H26N2O4/c1-14(2)17-9-8-15(3)10-21(17)29-13-22(26)25-20(23(27)28)11-16-12-24-19-7-5-4-6-18(16)19/h4-10,12,14,20,24H,11,13H2,1-3H3,(H,25,26)(H,27,28). The van der Waals surface area contributed by atoms with Crippen LogP contribution in [0.2, 0.25) is 0 Å². The van der Waals surface area contributed by atoms with Gasteiger partial charge in [-0.25, -0.2) is 4.79 Å². The molecule has 0 aliphatic rings. The Bertz CT molecular complexity index is 1020. The number of aromatic amines is 1. The fourth-order valence-electron chi connectivity index (χ4n) is 3.34. The zero-order valence-corrected chi connectivity index (χ0v) is 16.9. The van der Waals surface area contributed by atoms with Gasteiger partial charge in [0.2, 0.25) is 0 Å². The van der Waals surface area contributed by atoms with E-state index in [1.807, 2.05) is 49.4 Å². The van der Waals surface area contributed by atoms with Crippen LogP contribution in [0, 0.1) is 6.92 Å². The number of fused-ring (bicyclic) bond motifs is 1. The Balaban J connectivity index is 1.66. The zero-order chi connectivity index (χ0) is 21.0. The lowest BCUT2D eigenvalue weighted by Crippen LogP contribution is -2.44. The molecule has 0 fully saturated rings. The van der Waals surface area contributed by atoms with Gasteiger partial charge in [0.25, 0.3) is 5.91 Å². The fraction of sp³-hybridized carbons (Fsp3) is 0.304. The Morgan fingerprint density at radius 2 is 1.93 bits per heavy atom. The number of carbonyl (C=O) groups excluding carboxylic acids is 1. The van der Waals surface area contributed by atoms with Gasteiger partial charge in [0.1, 0.15) is 11.8 Å². The van der Waals surface area contributed by atoms with Gasteiger partial charge in [-0.3, -0.25) is 4.79 Å². The topological polar surface area (TPSA) is 91.4 Å². The van der Waals surface area contributed by atoms with Crippen molar-refractivity contribution in [1.29, 1.82) is 0 Å². The lowest BCUT2D eigenvalue weighted by Gasteiger charge is -2.17. The highest BCUT2D eigenvalue weighted by molar-refractivity contribution is 5.87. The van der Waals surface area contributed by atoms with Gasteiger partial charge in [0, 0.05) is 23.5 Å². The van der Waals surface area contributed by atoms with Gasteiger partial charge >= 0.3 is 5.97 Å². The average molecular weight is 394 g/mol. The predicted molar refractivity (Wildman–Crippen MR) is 112 cm³/mol. The molecule has 152 valence electrons. The van der Waals surface area contributed by atoms with Crippen LogP contribution in [0.25, 0.3) is 10.9 Å². The van der Waals surface area contributed by atoms with E-state index in [0.29, 0.717) is 5.75 Å². The van der Waals surface area contributed by atoms with Crippen molar-refractivity contribution in [2.45, 2.75) is 39.2 Å². The van der Waals surface area contributed by atoms with E-state index in [4.69, 9.17) is 4.74 Å². The van der Waals surface area contributed by atoms with Crippen LogP contribution in [-0.2, 0) is 16.0 Å². The summed E-state index contributed by atoms with van der Waals surface area (Å²) in [6.45, 7) is 5.83. The number of aromatic nitrogens is 1. The van der Waals surface area contributed by atoms with Crippen molar-refractivity contribution in [2.75, 3.05) is 6.61 Å². The second-order valence-electron chi connectivity index (χ2n) is 7.51. The number of aryl methyl sites for hydroxylation is 1. The molecule has 2 aromatic carbocycles. The average Bonchev–Trinajstić information content (AvgIpc) is 3.08. The molecule has 0 aliphatic heterocycles. The monoisotopic (exact) mass is 394 g/mol. The smallest absolute Gasteiger partial charge is 0.326 e. The third-order valence-electron chi connectivity index (χ3n) is 4.88. The molecule has 3 aromatic rings. The van der Waals surface area contributed by atoms with E-state index in [1.165, 1.54) is 0 Å². The number of hydrogen-bond donors (Lipinski definition) is 3. The maximum atomic E-state index is 12.4. The van der Waals surface area contributed by atoms with Crippen LogP contribution in [0.4, 0.5) is 0 Å². The van der Waals surface area contributed by atoms with Crippen LogP contribution in [-0.4, -0.2) is 34.6 Å². The largest absolute Gasteiger partial charge is 0.483 e. The second-order valence-corrected chi connectivity index (χ2v) is 7.51. The molecule has 3 rings (SSSR count). The SMILES string of the molecule is Cc1ccc(C(C)C)c(OCC(=O)NC(Cc2c[nH]c3ccccc23)C(=O)O)c1. The molecule has 1 unspecified atom stereocenters. The van der Waals surface area contributed by atoms with E-state index >= 15 is 0 Å². The van der Waals surface area contributed by atoms with Crippen molar-refractivity contribution >= 4 is 22.8 Å². The Labute approximate surface area is 169 Å². The summed E-state index contributed by atoms with van der Waals surface area (Å²) < 4.78 is 5.72. The first-order chi connectivity index (χ1) is 13.8. The van der Waals surface area contributed by atoms with E-state index in [-0.39, 0.29) is 18.9 Å². The molecule has 0 spiro atoms. The molecular weight excluding hydrogens is 368 g/mol. The molecule has 1 aromatic heterocycles. The maximum absolute atomic E-state index is 12.4. The Morgan fingerprint density at radius 3 is 2.66 bits per heavy atom. The summed E-state index contributed by atoms with van der Waals surface area (Å²) >= 11 is 0. The van der Waals surface area contributed by atoms with Gasteiger partial charge in [-0.1, -0.05) is 44.2 Å². The normalized spacial score (nSPS) is 12.1.